The molecule has 4 nitrogen and oxygen atoms in total. The molecule has 15 heavy (non-hydrogen) atoms. The van der Waals surface area contributed by atoms with Gasteiger partial charge in [-0.2, -0.15) is 0 Å². The predicted octanol–water partition coefficient (Wildman–Crippen LogP) is 0.939. The minimum Gasteiger partial charge on any atom is -0.481 e. The minimum atomic E-state index is -0.826. The number of carboxylic acid groups (broad SMARTS) is 1. The van der Waals surface area contributed by atoms with Gasteiger partial charge in [0.05, 0.1) is 17.2 Å². The van der Waals surface area contributed by atoms with E-state index in [0.29, 0.717) is 25.1 Å². The van der Waals surface area contributed by atoms with E-state index in [2.05, 4.69) is 6.58 Å². The van der Waals surface area contributed by atoms with Crippen LogP contribution in [0.2, 0.25) is 0 Å². The molecule has 0 aromatic rings. The maximum absolute atomic E-state index is 11.3. The van der Waals surface area contributed by atoms with E-state index in [9.17, 15) is 14.7 Å². The standard InChI is InChI=1S/C10H13NO3S/c1-2-3-10(9(13)14)5-11-7(12)4-8(11)15-6-10/h2,8H,1,3-6H2,(H,13,14)/t8-,10?/m1/s1. The Kier molecular flexibility index (Phi) is 2.50. The Morgan fingerprint density at radius 1 is 1.80 bits per heavy atom. The largest absolute Gasteiger partial charge is 0.481 e. The molecule has 5 heteroatoms. The summed E-state index contributed by atoms with van der Waals surface area (Å²) < 4.78 is 0. The molecule has 0 aliphatic carbocycles. The van der Waals surface area contributed by atoms with Crippen molar-refractivity contribution in [2.45, 2.75) is 18.2 Å². The molecular formula is C10H13NO3S. The summed E-state index contributed by atoms with van der Waals surface area (Å²) in [5, 5.41) is 9.45. The van der Waals surface area contributed by atoms with Crippen LogP contribution in [0.5, 0.6) is 0 Å². The Morgan fingerprint density at radius 2 is 2.53 bits per heavy atom. The first-order valence-electron chi connectivity index (χ1n) is 4.84. The molecular weight excluding hydrogens is 214 g/mol. The number of β-lactam (4-membered cyclic amide) rings is 1. The summed E-state index contributed by atoms with van der Waals surface area (Å²) in [6.07, 6.45) is 2.61. The highest BCUT2D eigenvalue weighted by molar-refractivity contribution is 8.00. The molecule has 2 fully saturated rings. The molecule has 0 spiro atoms. The van der Waals surface area contributed by atoms with Crippen LogP contribution in [0.1, 0.15) is 12.8 Å². The summed E-state index contributed by atoms with van der Waals surface area (Å²) >= 11 is 1.57. The van der Waals surface area contributed by atoms with Crippen molar-refractivity contribution in [2.24, 2.45) is 5.41 Å². The molecule has 1 amide bonds. The lowest BCUT2D eigenvalue weighted by Gasteiger charge is -2.49. The molecule has 1 N–H and O–H groups in total. The second-order valence-corrected chi connectivity index (χ2v) is 5.24. The van der Waals surface area contributed by atoms with Crippen LogP contribution < -0.4 is 0 Å². The summed E-state index contributed by atoms with van der Waals surface area (Å²) in [5.41, 5.74) is -0.820. The van der Waals surface area contributed by atoms with Crippen molar-refractivity contribution >= 4 is 23.6 Å². The van der Waals surface area contributed by atoms with Gasteiger partial charge in [0.1, 0.15) is 0 Å². The Morgan fingerprint density at radius 3 is 3.07 bits per heavy atom. The van der Waals surface area contributed by atoms with E-state index >= 15 is 0 Å². The number of allylic oxidation sites excluding steroid dienone is 1. The number of aliphatic carboxylic acids is 1. The zero-order valence-electron chi connectivity index (χ0n) is 8.31. The maximum Gasteiger partial charge on any atom is 0.312 e. The van der Waals surface area contributed by atoms with Crippen molar-refractivity contribution in [3.63, 3.8) is 0 Å². The zero-order chi connectivity index (χ0) is 11.1. The van der Waals surface area contributed by atoms with Crippen LogP contribution in [0.25, 0.3) is 0 Å². The van der Waals surface area contributed by atoms with Crippen LogP contribution in [0.15, 0.2) is 12.7 Å². The third-order valence-corrected chi connectivity index (χ3v) is 4.56. The topological polar surface area (TPSA) is 57.6 Å². The highest BCUT2D eigenvalue weighted by atomic mass is 32.2. The lowest BCUT2D eigenvalue weighted by molar-refractivity contribution is -0.155. The number of amides is 1. The Labute approximate surface area is 92.3 Å². The van der Waals surface area contributed by atoms with E-state index in [1.54, 1.807) is 22.7 Å². The summed E-state index contributed by atoms with van der Waals surface area (Å²) in [6.45, 7) is 3.93. The van der Waals surface area contributed by atoms with Gasteiger partial charge >= 0.3 is 5.97 Å². The van der Waals surface area contributed by atoms with Crippen LogP contribution in [-0.4, -0.2) is 39.6 Å². The van der Waals surface area contributed by atoms with E-state index in [1.165, 1.54) is 0 Å². The molecule has 0 aromatic heterocycles. The highest BCUT2D eigenvalue weighted by Crippen LogP contribution is 2.43. The average molecular weight is 227 g/mol. The normalized spacial score (nSPS) is 34.3. The van der Waals surface area contributed by atoms with Gasteiger partial charge < -0.3 is 10.0 Å². The van der Waals surface area contributed by atoms with Gasteiger partial charge in [-0.3, -0.25) is 9.59 Å². The Balaban J connectivity index is 2.16. The fourth-order valence-corrected chi connectivity index (χ4v) is 3.48. The Hall–Kier alpha value is -0.970. The first-order chi connectivity index (χ1) is 7.09. The third-order valence-electron chi connectivity index (χ3n) is 3.03. The van der Waals surface area contributed by atoms with Crippen molar-refractivity contribution in [2.75, 3.05) is 12.3 Å². The van der Waals surface area contributed by atoms with Gasteiger partial charge in [0, 0.05) is 12.3 Å². The lowest BCUT2D eigenvalue weighted by atomic mass is 9.84. The number of hydrogen-bond donors (Lipinski definition) is 1. The first kappa shape index (κ1) is 10.5. The van der Waals surface area contributed by atoms with Crippen molar-refractivity contribution in [3.8, 4) is 0 Å². The molecule has 2 saturated heterocycles. The number of nitrogens with zero attached hydrogens (tertiary/aromatic N) is 1. The van der Waals surface area contributed by atoms with Gasteiger partial charge in [0.2, 0.25) is 5.91 Å². The van der Waals surface area contributed by atoms with E-state index in [4.69, 9.17) is 0 Å². The van der Waals surface area contributed by atoms with Crippen molar-refractivity contribution < 1.29 is 14.7 Å². The van der Waals surface area contributed by atoms with Gasteiger partial charge in [-0.05, 0) is 6.42 Å². The molecule has 2 heterocycles. The number of fused-ring (bicyclic) bond motifs is 1. The van der Waals surface area contributed by atoms with Gasteiger partial charge in [0.15, 0.2) is 0 Å². The summed E-state index contributed by atoms with van der Waals surface area (Å²) in [6, 6.07) is 0. The molecule has 2 aliphatic heterocycles. The molecule has 0 aromatic carbocycles. The fraction of sp³-hybridized carbons (Fsp3) is 0.600. The number of thioether (sulfide) groups is 1. The summed E-state index contributed by atoms with van der Waals surface area (Å²) in [4.78, 5) is 24.2. The third kappa shape index (κ3) is 1.55. The Bertz CT molecular complexity index is 331. The van der Waals surface area contributed by atoms with Crippen LogP contribution in [-0.2, 0) is 9.59 Å². The lowest BCUT2D eigenvalue weighted by Crippen LogP contribution is -2.61. The maximum atomic E-state index is 11.3. The van der Waals surface area contributed by atoms with Crippen molar-refractivity contribution in [3.05, 3.63) is 12.7 Å². The summed E-state index contributed by atoms with van der Waals surface area (Å²) in [7, 11) is 0. The molecule has 2 rings (SSSR count). The predicted molar refractivity (Wildman–Crippen MR) is 57.5 cm³/mol. The van der Waals surface area contributed by atoms with Gasteiger partial charge in [-0.1, -0.05) is 6.08 Å². The van der Waals surface area contributed by atoms with Gasteiger partial charge in [-0.15, -0.1) is 18.3 Å². The smallest absolute Gasteiger partial charge is 0.312 e. The number of carbonyl (C=O) groups excluding carboxylic acids is 1. The monoisotopic (exact) mass is 227 g/mol. The van der Waals surface area contributed by atoms with E-state index in [0.717, 1.165) is 0 Å². The van der Waals surface area contributed by atoms with Gasteiger partial charge in [-0.25, -0.2) is 0 Å². The quantitative estimate of drug-likeness (QED) is 0.576. The van der Waals surface area contributed by atoms with E-state index in [1.807, 2.05) is 0 Å². The molecule has 1 unspecified atom stereocenters. The number of carbonyl (C=O) groups is 2. The van der Waals surface area contributed by atoms with Crippen LogP contribution in [0.4, 0.5) is 0 Å². The average Bonchev–Trinajstić information content (AvgIpc) is 2.19. The minimum absolute atomic E-state index is 0.0712. The zero-order valence-corrected chi connectivity index (χ0v) is 9.13. The number of hydrogen-bond acceptors (Lipinski definition) is 3. The molecule has 82 valence electrons. The van der Waals surface area contributed by atoms with Gasteiger partial charge in [0.25, 0.3) is 0 Å². The second kappa shape index (κ2) is 3.56. The van der Waals surface area contributed by atoms with Crippen LogP contribution >= 0.6 is 11.8 Å². The first-order valence-corrected chi connectivity index (χ1v) is 5.89. The van der Waals surface area contributed by atoms with E-state index in [-0.39, 0.29) is 11.3 Å². The van der Waals surface area contributed by atoms with Crippen molar-refractivity contribution in [1.29, 1.82) is 0 Å². The number of rotatable bonds is 3. The number of carboxylic acids is 1. The molecule has 2 aliphatic rings. The fourth-order valence-electron chi connectivity index (χ4n) is 2.01. The van der Waals surface area contributed by atoms with E-state index < -0.39 is 11.4 Å². The molecule has 0 bridgehead atoms. The molecule has 0 radical (unpaired) electrons. The molecule has 2 atom stereocenters. The van der Waals surface area contributed by atoms with Crippen LogP contribution in [0.3, 0.4) is 0 Å². The highest BCUT2D eigenvalue weighted by Gasteiger charge is 2.50. The van der Waals surface area contributed by atoms with Crippen molar-refractivity contribution in [1.82, 2.24) is 4.90 Å². The second-order valence-electron chi connectivity index (χ2n) is 4.07. The SMILES string of the molecule is C=CCC1(C(=O)O)CS[C@@H]2CC(=O)N2C1. The summed E-state index contributed by atoms with van der Waals surface area (Å²) in [5.74, 6) is -0.182. The van der Waals surface area contributed by atoms with Crippen LogP contribution in [0, 0.1) is 5.41 Å². The molecule has 0 saturated carbocycles.